The van der Waals surface area contributed by atoms with Crippen LogP contribution in [-0.2, 0) is 5.41 Å². The molecule has 0 spiro atoms. The van der Waals surface area contributed by atoms with Crippen molar-refractivity contribution in [3.05, 3.63) is 264 Å². The zero-order valence-electron chi connectivity index (χ0n) is 34.8. The van der Waals surface area contributed by atoms with Crippen LogP contribution in [0, 0.1) is 6.92 Å². The van der Waals surface area contributed by atoms with Gasteiger partial charge < -0.3 is 4.57 Å². The van der Waals surface area contributed by atoms with Crippen molar-refractivity contribution in [3.8, 4) is 51.0 Å². The summed E-state index contributed by atoms with van der Waals surface area (Å²) in [6.07, 6.45) is 0. The van der Waals surface area contributed by atoms with E-state index in [1.165, 1.54) is 33.0 Å². The number of aryl methyl sites for hydroxylation is 1. The number of rotatable bonds is 9. The van der Waals surface area contributed by atoms with Gasteiger partial charge in [0.05, 0.1) is 22.1 Å². The molecule has 0 bridgehead atoms. The van der Waals surface area contributed by atoms with Gasteiger partial charge >= 0.3 is 0 Å². The first-order chi connectivity index (χ1) is 31.2. The second-order valence-corrected chi connectivity index (χ2v) is 16.0. The lowest BCUT2D eigenvalue weighted by Crippen LogP contribution is -2.31. The van der Waals surface area contributed by atoms with Gasteiger partial charge in [-0.2, -0.15) is 0 Å². The van der Waals surface area contributed by atoms with Crippen molar-refractivity contribution < 1.29 is 0 Å². The molecule has 4 heteroatoms. The fraction of sp³-hybridized carbons (Fsp3) is 0.0339. The molecule has 11 aromatic rings. The third kappa shape index (κ3) is 6.61. The Labute approximate surface area is 367 Å². The molecular weight excluding hydrogens is 765 g/mol. The molecule has 11 rings (SSSR count). The molecule has 0 saturated heterocycles. The molecule has 0 saturated carbocycles. The van der Waals surface area contributed by atoms with Crippen molar-refractivity contribution in [2.45, 2.75) is 12.3 Å². The van der Waals surface area contributed by atoms with Crippen LogP contribution in [0.4, 0.5) is 0 Å². The molecular formula is C59H42N4. The first-order valence-corrected chi connectivity index (χ1v) is 21.4. The van der Waals surface area contributed by atoms with E-state index in [0.29, 0.717) is 17.5 Å². The number of aromatic nitrogens is 4. The largest absolute Gasteiger partial charge is 0.309 e. The number of fused-ring (bicyclic) bond motifs is 3. The molecule has 0 aliphatic heterocycles. The van der Waals surface area contributed by atoms with Gasteiger partial charge in [0.25, 0.3) is 0 Å². The van der Waals surface area contributed by atoms with Crippen LogP contribution in [0.5, 0.6) is 0 Å². The molecule has 0 N–H and O–H groups in total. The van der Waals surface area contributed by atoms with Gasteiger partial charge in [0, 0.05) is 33.0 Å². The number of hydrogen-bond acceptors (Lipinski definition) is 3. The zero-order chi connectivity index (χ0) is 42.2. The van der Waals surface area contributed by atoms with Crippen LogP contribution in [0.1, 0.15) is 27.8 Å². The number of para-hydroxylation sites is 1. The molecule has 0 radical (unpaired) electrons. The maximum Gasteiger partial charge on any atom is 0.164 e. The Morgan fingerprint density at radius 1 is 0.349 bits per heavy atom. The fourth-order valence-corrected chi connectivity index (χ4v) is 9.46. The number of nitrogens with zero attached hydrogens (tertiary/aromatic N) is 4. The molecule has 0 fully saturated rings. The Morgan fingerprint density at radius 2 is 0.810 bits per heavy atom. The Kier molecular flexibility index (Phi) is 9.59. The zero-order valence-corrected chi connectivity index (χ0v) is 34.8. The average Bonchev–Trinajstić information content (AvgIpc) is 3.68. The average molecular weight is 807 g/mol. The summed E-state index contributed by atoms with van der Waals surface area (Å²) in [4.78, 5) is 15.7. The van der Waals surface area contributed by atoms with E-state index in [-0.39, 0.29) is 0 Å². The Bertz CT molecular complexity index is 3230. The number of hydrogen-bond donors (Lipinski definition) is 0. The van der Waals surface area contributed by atoms with Crippen LogP contribution in [0.3, 0.4) is 0 Å². The minimum atomic E-state index is -0.645. The lowest BCUT2D eigenvalue weighted by atomic mass is 9.65. The van der Waals surface area contributed by atoms with Crippen molar-refractivity contribution in [2.24, 2.45) is 0 Å². The fourth-order valence-electron chi connectivity index (χ4n) is 9.46. The summed E-state index contributed by atoms with van der Waals surface area (Å²) < 4.78 is 2.42. The summed E-state index contributed by atoms with van der Waals surface area (Å²) >= 11 is 0. The lowest BCUT2D eigenvalue weighted by Gasteiger charge is -2.37. The summed E-state index contributed by atoms with van der Waals surface area (Å²) in [6, 6.07) is 84.3. The van der Waals surface area contributed by atoms with Crippen LogP contribution in [0.2, 0.25) is 0 Å². The minimum absolute atomic E-state index is 0.599. The van der Waals surface area contributed by atoms with E-state index < -0.39 is 5.41 Å². The second kappa shape index (κ2) is 16.0. The number of benzene rings is 9. The summed E-state index contributed by atoms with van der Waals surface area (Å²) in [6.45, 7) is 2.16. The van der Waals surface area contributed by atoms with Crippen molar-refractivity contribution >= 4 is 21.8 Å². The SMILES string of the molecule is Cc1ccc2c(c1)c1ccccc1n2-c1cccc(-c2nc(-c3ccccc3)nc(-c3ccccc3)n2)c1-c1cccc(C(c2ccccc2)(c2ccccc2)c2ccccc2)c1. The smallest absolute Gasteiger partial charge is 0.164 e. The predicted molar refractivity (Wildman–Crippen MR) is 259 cm³/mol. The molecule has 0 aliphatic carbocycles. The van der Waals surface area contributed by atoms with E-state index >= 15 is 0 Å². The molecule has 298 valence electrons. The molecule has 0 amide bonds. The molecule has 0 atom stereocenters. The van der Waals surface area contributed by atoms with Crippen molar-refractivity contribution in [3.63, 3.8) is 0 Å². The normalized spacial score (nSPS) is 11.6. The molecule has 4 nitrogen and oxygen atoms in total. The highest BCUT2D eigenvalue weighted by Crippen LogP contribution is 2.48. The van der Waals surface area contributed by atoms with E-state index in [0.717, 1.165) is 50.1 Å². The molecule has 2 heterocycles. The Balaban J connectivity index is 1.25. The van der Waals surface area contributed by atoms with Gasteiger partial charge in [0.15, 0.2) is 17.5 Å². The standard InChI is InChI=1S/C59H42N4/c1-41-37-38-53-51(39-41)49-33-17-18-35-52(49)63(53)54-36-20-34-50(58-61-56(42-21-7-2-8-22-42)60-57(62-58)43-23-9-3-10-24-43)55(54)44-25-19-32-48(40-44)59(45-26-11-4-12-27-45,46-28-13-5-14-29-46)47-30-15-6-16-31-47/h2-40H,1H3. The lowest BCUT2D eigenvalue weighted by molar-refractivity contribution is 0.745. The van der Waals surface area contributed by atoms with Crippen molar-refractivity contribution in [1.82, 2.24) is 19.5 Å². The maximum atomic E-state index is 5.33. The van der Waals surface area contributed by atoms with Crippen LogP contribution in [0.15, 0.2) is 237 Å². The van der Waals surface area contributed by atoms with E-state index in [1.807, 2.05) is 36.4 Å². The first kappa shape index (κ1) is 37.8. The highest BCUT2D eigenvalue weighted by atomic mass is 15.0. The first-order valence-electron chi connectivity index (χ1n) is 21.4. The van der Waals surface area contributed by atoms with Gasteiger partial charge in [-0.1, -0.05) is 212 Å². The van der Waals surface area contributed by atoms with E-state index in [2.05, 4.69) is 212 Å². The van der Waals surface area contributed by atoms with Crippen molar-refractivity contribution in [2.75, 3.05) is 0 Å². The Morgan fingerprint density at radius 3 is 1.40 bits per heavy atom. The molecule has 63 heavy (non-hydrogen) atoms. The summed E-state index contributed by atoms with van der Waals surface area (Å²) in [5.74, 6) is 1.84. The summed E-state index contributed by atoms with van der Waals surface area (Å²) in [5, 5.41) is 2.42. The topological polar surface area (TPSA) is 43.6 Å². The van der Waals surface area contributed by atoms with Gasteiger partial charge in [-0.05, 0) is 65.1 Å². The van der Waals surface area contributed by atoms with E-state index in [4.69, 9.17) is 15.0 Å². The third-order valence-electron chi connectivity index (χ3n) is 12.3. The highest BCUT2D eigenvalue weighted by molar-refractivity contribution is 6.10. The highest BCUT2D eigenvalue weighted by Gasteiger charge is 2.38. The molecule has 9 aromatic carbocycles. The van der Waals surface area contributed by atoms with Crippen LogP contribution in [-0.4, -0.2) is 19.5 Å². The van der Waals surface area contributed by atoms with Gasteiger partial charge in [-0.25, -0.2) is 15.0 Å². The van der Waals surface area contributed by atoms with E-state index in [1.54, 1.807) is 0 Å². The minimum Gasteiger partial charge on any atom is -0.309 e. The van der Waals surface area contributed by atoms with Gasteiger partial charge in [-0.15, -0.1) is 0 Å². The van der Waals surface area contributed by atoms with Crippen LogP contribution >= 0.6 is 0 Å². The maximum absolute atomic E-state index is 5.33. The van der Waals surface area contributed by atoms with Gasteiger partial charge in [0.1, 0.15) is 0 Å². The quantitative estimate of drug-likeness (QED) is 0.136. The van der Waals surface area contributed by atoms with Gasteiger partial charge in [-0.3, -0.25) is 0 Å². The monoisotopic (exact) mass is 806 g/mol. The van der Waals surface area contributed by atoms with Crippen molar-refractivity contribution in [1.29, 1.82) is 0 Å². The van der Waals surface area contributed by atoms with E-state index in [9.17, 15) is 0 Å². The predicted octanol–water partition coefficient (Wildman–Crippen LogP) is 14.3. The molecule has 2 aromatic heterocycles. The molecule has 0 unspecified atom stereocenters. The second-order valence-electron chi connectivity index (χ2n) is 16.0. The summed E-state index contributed by atoms with van der Waals surface area (Å²) in [7, 11) is 0. The Hall–Kier alpha value is -8.21. The summed E-state index contributed by atoms with van der Waals surface area (Å²) in [5.41, 5.74) is 13.4. The third-order valence-corrected chi connectivity index (χ3v) is 12.3. The molecule has 0 aliphatic rings. The van der Waals surface area contributed by atoms with Crippen LogP contribution in [0.25, 0.3) is 72.8 Å². The van der Waals surface area contributed by atoms with Crippen LogP contribution < -0.4 is 0 Å². The van der Waals surface area contributed by atoms with Gasteiger partial charge in [0.2, 0.25) is 0 Å².